The fraction of sp³-hybridized carbons (Fsp3) is 0.300. The van der Waals surface area contributed by atoms with Crippen molar-refractivity contribution in [3.8, 4) is 11.1 Å². The van der Waals surface area contributed by atoms with Crippen molar-refractivity contribution in [1.82, 2.24) is 9.78 Å². The molecule has 3 nitrogen and oxygen atoms in total. The average molecular weight is 207 g/mol. The summed E-state index contributed by atoms with van der Waals surface area (Å²) in [5, 5.41) is 6.44. The maximum absolute atomic E-state index is 5.57. The number of aryl methyl sites for hydroxylation is 2. The molecule has 0 spiro atoms. The lowest BCUT2D eigenvalue weighted by Crippen LogP contribution is -1.91. The number of aromatic nitrogens is 2. The van der Waals surface area contributed by atoms with E-state index in [1.54, 1.807) is 11.3 Å². The quantitative estimate of drug-likeness (QED) is 0.817. The molecular weight excluding hydrogens is 194 g/mol. The Labute approximate surface area is 87.2 Å². The van der Waals surface area contributed by atoms with E-state index in [4.69, 9.17) is 5.73 Å². The number of hydrogen-bond donors (Lipinski definition) is 1. The van der Waals surface area contributed by atoms with Crippen LogP contribution in [0, 0.1) is 6.92 Å². The molecule has 0 amide bonds. The second-order valence-electron chi connectivity index (χ2n) is 3.31. The van der Waals surface area contributed by atoms with Crippen molar-refractivity contribution >= 4 is 11.3 Å². The fourth-order valence-electron chi connectivity index (χ4n) is 1.51. The zero-order valence-corrected chi connectivity index (χ0v) is 9.14. The van der Waals surface area contributed by atoms with Crippen LogP contribution in [-0.4, -0.2) is 9.78 Å². The lowest BCUT2D eigenvalue weighted by molar-refractivity contribution is 0.756. The number of nitrogens with two attached hydrogens (primary N) is 1. The van der Waals surface area contributed by atoms with Gasteiger partial charge in [-0.05, 0) is 23.9 Å². The first kappa shape index (κ1) is 9.43. The van der Waals surface area contributed by atoms with E-state index in [-0.39, 0.29) is 0 Å². The number of thiophene rings is 1. The molecule has 0 radical (unpaired) electrons. The SMILES string of the molecule is Cc1nn(C)cc1-c1csc(CN)c1. The zero-order chi connectivity index (χ0) is 10.1. The molecule has 4 heteroatoms. The highest BCUT2D eigenvalue weighted by Gasteiger charge is 2.07. The third kappa shape index (κ3) is 1.58. The Hall–Kier alpha value is -1.13. The van der Waals surface area contributed by atoms with E-state index in [1.807, 2.05) is 24.9 Å². The third-order valence-electron chi connectivity index (χ3n) is 2.18. The van der Waals surface area contributed by atoms with Crippen molar-refractivity contribution < 1.29 is 0 Å². The predicted molar refractivity (Wildman–Crippen MR) is 59.1 cm³/mol. The molecule has 0 saturated heterocycles. The summed E-state index contributed by atoms with van der Waals surface area (Å²) >= 11 is 1.70. The first-order chi connectivity index (χ1) is 6.70. The molecular formula is C10H13N3S. The van der Waals surface area contributed by atoms with Crippen molar-refractivity contribution in [2.75, 3.05) is 0 Å². The summed E-state index contributed by atoms with van der Waals surface area (Å²) < 4.78 is 1.84. The summed E-state index contributed by atoms with van der Waals surface area (Å²) in [6, 6.07) is 2.13. The van der Waals surface area contributed by atoms with E-state index in [2.05, 4.69) is 16.5 Å². The maximum Gasteiger partial charge on any atom is 0.0672 e. The predicted octanol–water partition coefficient (Wildman–Crippen LogP) is 1.92. The van der Waals surface area contributed by atoms with Crippen LogP contribution in [0.4, 0.5) is 0 Å². The van der Waals surface area contributed by atoms with Crippen LogP contribution >= 0.6 is 11.3 Å². The maximum atomic E-state index is 5.57. The van der Waals surface area contributed by atoms with Gasteiger partial charge in [-0.3, -0.25) is 4.68 Å². The standard InChI is InChI=1S/C10H13N3S/c1-7-10(5-13(2)12-7)8-3-9(4-11)14-6-8/h3,5-6H,4,11H2,1-2H3. The van der Waals surface area contributed by atoms with Crippen LogP contribution in [0.2, 0.25) is 0 Å². The van der Waals surface area contributed by atoms with Gasteiger partial charge in [0, 0.05) is 30.2 Å². The van der Waals surface area contributed by atoms with Crippen LogP contribution in [0.3, 0.4) is 0 Å². The number of hydrogen-bond acceptors (Lipinski definition) is 3. The summed E-state index contributed by atoms with van der Waals surface area (Å²) in [6.07, 6.45) is 2.04. The molecule has 14 heavy (non-hydrogen) atoms. The minimum atomic E-state index is 0.615. The molecule has 0 fully saturated rings. The molecule has 0 saturated carbocycles. The third-order valence-corrected chi connectivity index (χ3v) is 3.14. The van der Waals surface area contributed by atoms with Crippen molar-refractivity contribution in [2.24, 2.45) is 12.8 Å². The topological polar surface area (TPSA) is 43.8 Å². The molecule has 0 unspecified atom stereocenters. The van der Waals surface area contributed by atoms with Gasteiger partial charge < -0.3 is 5.73 Å². The molecule has 0 aliphatic rings. The highest BCUT2D eigenvalue weighted by molar-refractivity contribution is 7.10. The van der Waals surface area contributed by atoms with Crippen molar-refractivity contribution in [3.63, 3.8) is 0 Å². The van der Waals surface area contributed by atoms with E-state index in [1.165, 1.54) is 16.0 Å². The van der Waals surface area contributed by atoms with E-state index in [0.29, 0.717) is 6.54 Å². The summed E-state index contributed by atoms with van der Waals surface area (Å²) in [4.78, 5) is 1.21. The molecule has 74 valence electrons. The van der Waals surface area contributed by atoms with Crippen LogP contribution < -0.4 is 5.73 Å². The summed E-state index contributed by atoms with van der Waals surface area (Å²) in [6.45, 7) is 2.64. The van der Waals surface area contributed by atoms with Gasteiger partial charge in [0.25, 0.3) is 0 Å². The van der Waals surface area contributed by atoms with Crippen molar-refractivity contribution in [3.05, 3.63) is 28.2 Å². The normalized spacial score (nSPS) is 10.8. The Morgan fingerprint density at radius 2 is 2.36 bits per heavy atom. The Bertz CT molecular complexity index is 442. The van der Waals surface area contributed by atoms with Gasteiger partial charge in [0.05, 0.1) is 5.69 Å². The van der Waals surface area contributed by atoms with E-state index in [9.17, 15) is 0 Å². The Balaban J connectivity index is 2.43. The van der Waals surface area contributed by atoms with Crippen LogP contribution in [0.5, 0.6) is 0 Å². The first-order valence-electron chi connectivity index (χ1n) is 4.49. The second kappa shape index (κ2) is 3.55. The molecule has 0 aliphatic carbocycles. The van der Waals surface area contributed by atoms with Gasteiger partial charge in [-0.2, -0.15) is 5.10 Å². The van der Waals surface area contributed by atoms with Crippen LogP contribution in [0.1, 0.15) is 10.6 Å². The zero-order valence-electron chi connectivity index (χ0n) is 8.32. The minimum absolute atomic E-state index is 0.615. The molecule has 2 aromatic rings. The van der Waals surface area contributed by atoms with Crippen LogP contribution in [0.25, 0.3) is 11.1 Å². The molecule has 0 bridgehead atoms. The molecule has 0 aliphatic heterocycles. The highest BCUT2D eigenvalue weighted by atomic mass is 32.1. The Morgan fingerprint density at radius 1 is 1.57 bits per heavy atom. The van der Waals surface area contributed by atoms with E-state index >= 15 is 0 Å². The summed E-state index contributed by atoms with van der Waals surface area (Å²) in [5.74, 6) is 0. The highest BCUT2D eigenvalue weighted by Crippen LogP contribution is 2.27. The molecule has 0 atom stereocenters. The first-order valence-corrected chi connectivity index (χ1v) is 5.37. The number of rotatable bonds is 2. The smallest absolute Gasteiger partial charge is 0.0672 e. The van der Waals surface area contributed by atoms with E-state index < -0.39 is 0 Å². The fourth-order valence-corrected chi connectivity index (χ4v) is 2.28. The summed E-state index contributed by atoms with van der Waals surface area (Å²) in [7, 11) is 1.94. The van der Waals surface area contributed by atoms with Gasteiger partial charge in [0.15, 0.2) is 0 Å². The van der Waals surface area contributed by atoms with Crippen LogP contribution in [-0.2, 0) is 13.6 Å². The van der Waals surface area contributed by atoms with Crippen molar-refractivity contribution in [2.45, 2.75) is 13.5 Å². The average Bonchev–Trinajstić information content (AvgIpc) is 2.71. The second-order valence-corrected chi connectivity index (χ2v) is 4.30. The lowest BCUT2D eigenvalue weighted by Gasteiger charge is -1.91. The van der Waals surface area contributed by atoms with E-state index in [0.717, 1.165) is 5.69 Å². The van der Waals surface area contributed by atoms with Gasteiger partial charge in [0.2, 0.25) is 0 Å². The minimum Gasteiger partial charge on any atom is -0.326 e. The summed E-state index contributed by atoms with van der Waals surface area (Å²) in [5.41, 5.74) is 9.06. The van der Waals surface area contributed by atoms with Crippen LogP contribution in [0.15, 0.2) is 17.6 Å². The molecule has 0 aromatic carbocycles. The molecule has 2 rings (SSSR count). The monoisotopic (exact) mass is 207 g/mol. The molecule has 2 heterocycles. The van der Waals surface area contributed by atoms with Gasteiger partial charge >= 0.3 is 0 Å². The van der Waals surface area contributed by atoms with Gasteiger partial charge in [-0.1, -0.05) is 0 Å². The Morgan fingerprint density at radius 3 is 2.86 bits per heavy atom. The molecule has 2 aromatic heterocycles. The van der Waals surface area contributed by atoms with Gasteiger partial charge in [-0.25, -0.2) is 0 Å². The van der Waals surface area contributed by atoms with Crippen molar-refractivity contribution in [1.29, 1.82) is 0 Å². The van der Waals surface area contributed by atoms with Gasteiger partial charge in [0.1, 0.15) is 0 Å². The van der Waals surface area contributed by atoms with Gasteiger partial charge in [-0.15, -0.1) is 11.3 Å². The number of nitrogens with zero attached hydrogens (tertiary/aromatic N) is 2. The lowest BCUT2D eigenvalue weighted by atomic mass is 10.1. The molecule has 2 N–H and O–H groups in total. The largest absolute Gasteiger partial charge is 0.326 e. The Kier molecular flexibility index (Phi) is 2.39.